The highest BCUT2D eigenvalue weighted by molar-refractivity contribution is 7.99. The molecule has 2 nitrogen and oxygen atoms in total. The van der Waals surface area contributed by atoms with Gasteiger partial charge >= 0.3 is 0 Å². The van der Waals surface area contributed by atoms with Crippen LogP contribution in [0.25, 0.3) is 0 Å². The first-order chi connectivity index (χ1) is 8.61. The number of carbonyl (C=O) groups excluding carboxylic acids is 1. The molecular formula is C14H18FNOS. The number of piperidine rings is 1. The molecule has 0 saturated carbocycles. The van der Waals surface area contributed by atoms with E-state index in [1.807, 2.05) is 11.8 Å². The van der Waals surface area contributed by atoms with E-state index in [-0.39, 0.29) is 11.6 Å². The number of benzene rings is 1. The lowest BCUT2D eigenvalue weighted by Gasteiger charge is -2.33. The number of hydrogen-bond acceptors (Lipinski definition) is 3. The van der Waals surface area contributed by atoms with Gasteiger partial charge in [0.1, 0.15) is 5.82 Å². The largest absolute Gasteiger partial charge is 0.369 e. The number of rotatable bonds is 3. The Balaban J connectivity index is 2.12. The molecule has 0 unspecified atom stereocenters. The van der Waals surface area contributed by atoms with Crippen molar-refractivity contribution in [3.8, 4) is 0 Å². The van der Waals surface area contributed by atoms with Crippen molar-refractivity contribution in [2.24, 2.45) is 0 Å². The van der Waals surface area contributed by atoms with Crippen LogP contribution in [0.5, 0.6) is 0 Å². The molecule has 1 heterocycles. The second-order valence-corrected chi connectivity index (χ2v) is 5.78. The van der Waals surface area contributed by atoms with Crippen LogP contribution in [-0.2, 0) is 0 Å². The number of halogens is 1. The average Bonchev–Trinajstić information content (AvgIpc) is 2.38. The SMILES string of the molecule is CSC1CCN(c2ccc(C(C)=O)cc2F)CC1. The van der Waals surface area contributed by atoms with E-state index < -0.39 is 0 Å². The Morgan fingerprint density at radius 2 is 2.06 bits per heavy atom. The lowest BCUT2D eigenvalue weighted by atomic mass is 10.1. The van der Waals surface area contributed by atoms with Gasteiger partial charge in [-0.2, -0.15) is 11.8 Å². The number of carbonyl (C=O) groups is 1. The molecule has 98 valence electrons. The van der Waals surface area contributed by atoms with Crippen LogP contribution in [-0.4, -0.2) is 30.4 Å². The van der Waals surface area contributed by atoms with Crippen molar-refractivity contribution in [2.45, 2.75) is 25.0 Å². The summed E-state index contributed by atoms with van der Waals surface area (Å²) in [4.78, 5) is 13.3. The van der Waals surface area contributed by atoms with Gasteiger partial charge in [0.25, 0.3) is 0 Å². The highest BCUT2D eigenvalue weighted by atomic mass is 32.2. The van der Waals surface area contributed by atoms with E-state index >= 15 is 0 Å². The third-order valence-corrected chi connectivity index (χ3v) is 4.61. The molecule has 4 heteroatoms. The smallest absolute Gasteiger partial charge is 0.159 e. The summed E-state index contributed by atoms with van der Waals surface area (Å²) in [6.45, 7) is 3.24. The van der Waals surface area contributed by atoms with Crippen LogP contribution in [0.1, 0.15) is 30.1 Å². The van der Waals surface area contributed by atoms with Crippen molar-refractivity contribution in [3.05, 3.63) is 29.6 Å². The fraction of sp³-hybridized carbons (Fsp3) is 0.500. The minimum atomic E-state index is -0.287. The third kappa shape index (κ3) is 2.86. The first-order valence-electron chi connectivity index (χ1n) is 6.20. The predicted octanol–water partition coefficient (Wildman–Crippen LogP) is 3.36. The van der Waals surface area contributed by atoms with Gasteiger partial charge in [-0.05, 0) is 44.2 Å². The van der Waals surface area contributed by atoms with Gasteiger partial charge in [0.05, 0.1) is 5.69 Å². The number of hydrogen-bond donors (Lipinski definition) is 0. The van der Waals surface area contributed by atoms with Gasteiger partial charge in [-0.3, -0.25) is 4.79 Å². The second kappa shape index (κ2) is 5.74. The Hall–Kier alpha value is -1.03. The molecule has 1 aromatic rings. The maximum absolute atomic E-state index is 14.0. The predicted molar refractivity (Wildman–Crippen MR) is 75.2 cm³/mol. The fourth-order valence-corrected chi connectivity index (χ4v) is 3.00. The molecule has 0 aliphatic carbocycles. The molecule has 0 N–H and O–H groups in total. The van der Waals surface area contributed by atoms with Crippen molar-refractivity contribution < 1.29 is 9.18 Å². The molecule has 0 amide bonds. The number of thioether (sulfide) groups is 1. The van der Waals surface area contributed by atoms with E-state index in [9.17, 15) is 9.18 Å². The van der Waals surface area contributed by atoms with E-state index in [4.69, 9.17) is 0 Å². The molecule has 0 radical (unpaired) electrons. The summed E-state index contributed by atoms with van der Waals surface area (Å²) in [5, 5.41) is 0.695. The van der Waals surface area contributed by atoms with Gasteiger partial charge in [0, 0.05) is 23.9 Å². The summed E-state index contributed by atoms with van der Waals surface area (Å²) >= 11 is 1.89. The van der Waals surface area contributed by atoms with Gasteiger partial charge < -0.3 is 4.90 Å². The highest BCUT2D eigenvalue weighted by Gasteiger charge is 2.20. The Labute approximate surface area is 112 Å². The summed E-state index contributed by atoms with van der Waals surface area (Å²) in [7, 11) is 0. The Morgan fingerprint density at radius 1 is 1.39 bits per heavy atom. The van der Waals surface area contributed by atoms with E-state index in [1.54, 1.807) is 12.1 Å². The minimum Gasteiger partial charge on any atom is -0.369 e. The second-order valence-electron chi connectivity index (χ2n) is 4.64. The third-order valence-electron chi connectivity index (χ3n) is 3.47. The zero-order chi connectivity index (χ0) is 13.1. The maximum atomic E-state index is 14.0. The van der Waals surface area contributed by atoms with Gasteiger partial charge in [0.15, 0.2) is 5.78 Å². The van der Waals surface area contributed by atoms with Gasteiger partial charge in [-0.25, -0.2) is 4.39 Å². The Morgan fingerprint density at radius 3 is 2.56 bits per heavy atom. The quantitative estimate of drug-likeness (QED) is 0.783. The Kier molecular flexibility index (Phi) is 4.27. The zero-order valence-electron chi connectivity index (χ0n) is 10.8. The molecule has 0 spiro atoms. The monoisotopic (exact) mass is 267 g/mol. The summed E-state index contributed by atoms with van der Waals surface area (Å²) < 4.78 is 14.0. The number of anilines is 1. The molecule has 0 aromatic heterocycles. The molecule has 1 saturated heterocycles. The highest BCUT2D eigenvalue weighted by Crippen LogP contribution is 2.27. The van der Waals surface area contributed by atoms with Crippen molar-refractivity contribution >= 4 is 23.2 Å². The van der Waals surface area contributed by atoms with Crippen LogP contribution in [0.3, 0.4) is 0 Å². The number of ketones is 1. The summed E-state index contributed by atoms with van der Waals surface area (Å²) in [5.74, 6) is -0.383. The fourth-order valence-electron chi connectivity index (χ4n) is 2.31. The molecule has 1 aromatic carbocycles. The van der Waals surface area contributed by atoms with Crippen LogP contribution in [0.2, 0.25) is 0 Å². The summed E-state index contributed by atoms with van der Waals surface area (Å²) in [6.07, 6.45) is 4.31. The van der Waals surface area contributed by atoms with Crippen LogP contribution >= 0.6 is 11.8 Å². The Bertz CT molecular complexity index is 441. The van der Waals surface area contributed by atoms with Crippen molar-refractivity contribution in [1.29, 1.82) is 0 Å². The molecule has 1 fully saturated rings. The van der Waals surface area contributed by atoms with Crippen molar-refractivity contribution in [2.75, 3.05) is 24.2 Å². The number of Topliss-reactive ketones (excluding diaryl/α,β-unsaturated/α-hetero) is 1. The lowest BCUT2D eigenvalue weighted by Crippen LogP contribution is -2.35. The van der Waals surface area contributed by atoms with Crippen LogP contribution < -0.4 is 4.90 Å². The molecule has 0 atom stereocenters. The van der Waals surface area contributed by atoms with Crippen LogP contribution in [0.15, 0.2) is 18.2 Å². The van der Waals surface area contributed by atoms with E-state index in [1.165, 1.54) is 13.0 Å². The van der Waals surface area contributed by atoms with E-state index in [2.05, 4.69) is 11.2 Å². The van der Waals surface area contributed by atoms with Gasteiger partial charge in [0.2, 0.25) is 0 Å². The van der Waals surface area contributed by atoms with Crippen LogP contribution in [0, 0.1) is 5.82 Å². The normalized spacial score (nSPS) is 16.9. The van der Waals surface area contributed by atoms with E-state index in [0.29, 0.717) is 16.5 Å². The van der Waals surface area contributed by atoms with Crippen LogP contribution in [0.4, 0.5) is 10.1 Å². The summed E-state index contributed by atoms with van der Waals surface area (Å²) in [6, 6.07) is 4.78. The molecule has 1 aliphatic heterocycles. The first-order valence-corrected chi connectivity index (χ1v) is 7.49. The average molecular weight is 267 g/mol. The lowest BCUT2D eigenvalue weighted by molar-refractivity contribution is 0.101. The van der Waals surface area contributed by atoms with Gasteiger partial charge in [-0.1, -0.05) is 0 Å². The van der Waals surface area contributed by atoms with Crippen molar-refractivity contribution in [1.82, 2.24) is 0 Å². The topological polar surface area (TPSA) is 20.3 Å². The summed E-state index contributed by atoms with van der Waals surface area (Å²) in [5.41, 5.74) is 1.06. The van der Waals surface area contributed by atoms with Crippen molar-refractivity contribution in [3.63, 3.8) is 0 Å². The first kappa shape index (κ1) is 13.4. The standard InChI is InChI=1S/C14H18FNOS/c1-10(17)11-3-4-14(13(15)9-11)16-7-5-12(18-2)6-8-16/h3-4,9,12H,5-8H2,1-2H3. The zero-order valence-corrected chi connectivity index (χ0v) is 11.6. The maximum Gasteiger partial charge on any atom is 0.159 e. The minimum absolute atomic E-state index is 0.0958. The van der Waals surface area contributed by atoms with E-state index in [0.717, 1.165) is 25.9 Å². The number of nitrogens with zero attached hydrogens (tertiary/aromatic N) is 1. The van der Waals surface area contributed by atoms with Gasteiger partial charge in [-0.15, -0.1) is 0 Å². The molecule has 18 heavy (non-hydrogen) atoms. The molecular weight excluding hydrogens is 249 g/mol. The molecule has 1 aliphatic rings. The molecule has 2 rings (SSSR count). The molecule has 0 bridgehead atoms.